The maximum atomic E-state index is 9.08. The molecule has 72 valence electrons. The van der Waals surface area contributed by atoms with E-state index in [9.17, 15) is 0 Å². The van der Waals surface area contributed by atoms with Gasteiger partial charge in [0.25, 0.3) is 0 Å². The second kappa shape index (κ2) is 3.27. The van der Waals surface area contributed by atoms with Gasteiger partial charge in [0.15, 0.2) is 5.13 Å². The molecule has 2 N–H and O–H groups in total. The molecule has 13 heavy (non-hydrogen) atoms. The number of nitrogens with one attached hydrogen (secondary N) is 1. The van der Waals surface area contributed by atoms with E-state index in [0.717, 1.165) is 24.5 Å². The van der Waals surface area contributed by atoms with Gasteiger partial charge in [-0.1, -0.05) is 0 Å². The van der Waals surface area contributed by atoms with Gasteiger partial charge in [-0.25, -0.2) is 4.98 Å². The molecular weight excluding hydrogens is 184 g/mol. The van der Waals surface area contributed by atoms with Crippen LogP contribution >= 0.6 is 11.3 Å². The highest BCUT2D eigenvalue weighted by Gasteiger charge is 2.41. The van der Waals surface area contributed by atoms with Gasteiger partial charge >= 0.3 is 0 Å². The van der Waals surface area contributed by atoms with E-state index in [2.05, 4.69) is 10.3 Å². The molecule has 0 spiro atoms. The van der Waals surface area contributed by atoms with Gasteiger partial charge in [0.2, 0.25) is 0 Å². The Balaban J connectivity index is 1.86. The van der Waals surface area contributed by atoms with Crippen molar-refractivity contribution < 1.29 is 5.11 Å². The summed E-state index contributed by atoms with van der Waals surface area (Å²) in [4.78, 5) is 5.43. The van der Waals surface area contributed by atoms with Crippen molar-refractivity contribution in [3.05, 3.63) is 11.1 Å². The van der Waals surface area contributed by atoms with Crippen molar-refractivity contribution in [3.63, 3.8) is 0 Å². The third kappa shape index (κ3) is 2.00. The lowest BCUT2D eigenvalue weighted by molar-refractivity contribution is 0.220. The highest BCUT2D eigenvalue weighted by molar-refractivity contribution is 7.15. The van der Waals surface area contributed by atoms with Crippen molar-refractivity contribution in [1.82, 2.24) is 4.98 Å². The van der Waals surface area contributed by atoms with Crippen LogP contribution in [0.5, 0.6) is 0 Å². The summed E-state index contributed by atoms with van der Waals surface area (Å²) in [6.07, 6.45) is 4.15. The molecule has 1 aliphatic carbocycles. The Morgan fingerprint density at radius 1 is 1.69 bits per heavy atom. The molecule has 1 fully saturated rings. The summed E-state index contributed by atoms with van der Waals surface area (Å²) >= 11 is 1.66. The predicted octanol–water partition coefficient (Wildman–Crippen LogP) is 1.64. The summed E-state index contributed by atoms with van der Waals surface area (Å²) in [5, 5.41) is 13.3. The molecule has 0 aromatic carbocycles. The highest BCUT2D eigenvalue weighted by atomic mass is 32.1. The van der Waals surface area contributed by atoms with Crippen LogP contribution in [0.1, 0.15) is 17.7 Å². The van der Waals surface area contributed by atoms with Crippen LogP contribution in [-0.2, 0) is 0 Å². The lowest BCUT2D eigenvalue weighted by atomic mass is 10.1. The second-order valence-electron chi connectivity index (χ2n) is 3.79. The first-order valence-corrected chi connectivity index (χ1v) is 5.33. The van der Waals surface area contributed by atoms with E-state index in [1.54, 1.807) is 11.3 Å². The summed E-state index contributed by atoms with van der Waals surface area (Å²) in [5.41, 5.74) is 0.166. The Hall–Kier alpha value is -0.610. The van der Waals surface area contributed by atoms with Crippen molar-refractivity contribution in [2.75, 3.05) is 18.5 Å². The van der Waals surface area contributed by atoms with E-state index >= 15 is 0 Å². The van der Waals surface area contributed by atoms with Crippen LogP contribution in [0.15, 0.2) is 6.20 Å². The van der Waals surface area contributed by atoms with Gasteiger partial charge in [-0.2, -0.15) is 0 Å². The first-order chi connectivity index (χ1) is 6.24. The standard InChI is InChI=1S/C9H14N2OS/c1-7-4-10-8(13-7)11-5-9(6-12)2-3-9/h4,12H,2-3,5-6H2,1H3,(H,10,11). The van der Waals surface area contributed by atoms with E-state index in [0.29, 0.717) is 6.61 Å². The van der Waals surface area contributed by atoms with Crippen LogP contribution in [-0.4, -0.2) is 23.2 Å². The third-order valence-electron chi connectivity index (χ3n) is 2.53. The Bertz CT molecular complexity index is 294. The number of aryl methyl sites for hydroxylation is 1. The molecule has 4 heteroatoms. The smallest absolute Gasteiger partial charge is 0.182 e. The largest absolute Gasteiger partial charge is 0.396 e. The molecule has 1 aliphatic rings. The predicted molar refractivity (Wildman–Crippen MR) is 54.1 cm³/mol. The lowest BCUT2D eigenvalue weighted by Gasteiger charge is -2.11. The SMILES string of the molecule is Cc1cnc(NCC2(CO)CC2)s1. The van der Waals surface area contributed by atoms with Gasteiger partial charge in [0.05, 0.1) is 6.61 Å². The van der Waals surface area contributed by atoms with Gasteiger partial charge in [0.1, 0.15) is 0 Å². The maximum absolute atomic E-state index is 9.08. The number of hydrogen-bond donors (Lipinski definition) is 2. The minimum atomic E-state index is 0.166. The molecule has 1 saturated carbocycles. The topological polar surface area (TPSA) is 45.2 Å². The molecule has 3 nitrogen and oxygen atoms in total. The van der Waals surface area contributed by atoms with Crippen molar-refractivity contribution in [2.24, 2.45) is 5.41 Å². The Kier molecular flexibility index (Phi) is 2.26. The third-order valence-corrected chi connectivity index (χ3v) is 3.40. The average molecular weight is 198 g/mol. The number of anilines is 1. The fraction of sp³-hybridized carbons (Fsp3) is 0.667. The van der Waals surface area contributed by atoms with Crippen LogP contribution in [0.2, 0.25) is 0 Å². The Labute approximate surface area is 81.8 Å². The van der Waals surface area contributed by atoms with E-state index in [4.69, 9.17) is 5.11 Å². The molecule has 0 unspecified atom stereocenters. The minimum Gasteiger partial charge on any atom is -0.396 e. The normalized spacial score (nSPS) is 18.6. The number of aromatic nitrogens is 1. The first kappa shape index (κ1) is 8.97. The molecule has 0 atom stereocenters. The van der Waals surface area contributed by atoms with Gasteiger partial charge in [-0.15, -0.1) is 11.3 Å². The van der Waals surface area contributed by atoms with E-state index < -0.39 is 0 Å². The molecule has 0 amide bonds. The van der Waals surface area contributed by atoms with Crippen LogP contribution in [0, 0.1) is 12.3 Å². The maximum Gasteiger partial charge on any atom is 0.182 e. The van der Waals surface area contributed by atoms with Crippen molar-refractivity contribution in [3.8, 4) is 0 Å². The molecule has 0 aliphatic heterocycles. The van der Waals surface area contributed by atoms with Gasteiger partial charge in [-0.05, 0) is 19.8 Å². The molecule has 1 aromatic rings. The van der Waals surface area contributed by atoms with Crippen LogP contribution in [0.25, 0.3) is 0 Å². The average Bonchev–Trinajstić information content (AvgIpc) is 2.81. The number of thiazole rings is 1. The number of aliphatic hydroxyl groups is 1. The lowest BCUT2D eigenvalue weighted by Crippen LogP contribution is -2.18. The van der Waals surface area contributed by atoms with E-state index in [1.165, 1.54) is 4.88 Å². The zero-order chi connectivity index (χ0) is 9.31. The minimum absolute atomic E-state index is 0.166. The molecule has 0 radical (unpaired) electrons. The fourth-order valence-corrected chi connectivity index (χ4v) is 1.93. The van der Waals surface area contributed by atoms with Crippen molar-refractivity contribution in [2.45, 2.75) is 19.8 Å². The molecule has 1 aromatic heterocycles. The quantitative estimate of drug-likeness (QED) is 0.773. The summed E-state index contributed by atoms with van der Waals surface area (Å²) in [6, 6.07) is 0. The fourth-order valence-electron chi connectivity index (χ4n) is 1.27. The summed E-state index contributed by atoms with van der Waals surface area (Å²) in [5.74, 6) is 0. The van der Waals surface area contributed by atoms with Gasteiger partial charge < -0.3 is 10.4 Å². The molecule has 0 saturated heterocycles. The summed E-state index contributed by atoms with van der Waals surface area (Å²) < 4.78 is 0. The Morgan fingerprint density at radius 2 is 2.46 bits per heavy atom. The summed E-state index contributed by atoms with van der Waals surface area (Å²) in [6.45, 7) is 3.20. The molecule has 2 rings (SSSR count). The second-order valence-corrected chi connectivity index (χ2v) is 5.02. The Morgan fingerprint density at radius 3 is 2.92 bits per heavy atom. The van der Waals surface area contributed by atoms with E-state index in [-0.39, 0.29) is 5.41 Å². The van der Waals surface area contributed by atoms with Crippen LogP contribution in [0.4, 0.5) is 5.13 Å². The molecule has 1 heterocycles. The monoisotopic (exact) mass is 198 g/mol. The van der Waals surface area contributed by atoms with Crippen molar-refractivity contribution >= 4 is 16.5 Å². The zero-order valence-corrected chi connectivity index (χ0v) is 8.52. The highest BCUT2D eigenvalue weighted by Crippen LogP contribution is 2.45. The molecular formula is C9H14N2OS. The van der Waals surface area contributed by atoms with Crippen molar-refractivity contribution in [1.29, 1.82) is 0 Å². The summed E-state index contributed by atoms with van der Waals surface area (Å²) in [7, 11) is 0. The first-order valence-electron chi connectivity index (χ1n) is 4.51. The number of aliphatic hydroxyl groups excluding tert-OH is 1. The van der Waals surface area contributed by atoms with Crippen LogP contribution in [0.3, 0.4) is 0 Å². The number of nitrogens with zero attached hydrogens (tertiary/aromatic N) is 1. The number of rotatable bonds is 4. The van der Waals surface area contributed by atoms with E-state index in [1.807, 2.05) is 13.1 Å². The van der Waals surface area contributed by atoms with Gasteiger partial charge in [-0.3, -0.25) is 0 Å². The molecule has 0 bridgehead atoms. The zero-order valence-electron chi connectivity index (χ0n) is 7.71. The van der Waals surface area contributed by atoms with Gasteiger partial charge in [0, 0.05) is 23.0 Å². The number of hydrogen-bond acceptors (Lipinski definition) is 4. The van der Waals surface area contributed by atoms with Crippen LogP contribution < -0.4 is 5.32 Å².